The lowest BCUT2D eigenvalue weighted by atomic mass is 9.98. The fraction of sp³-hybridized carbons (Fsp3) is 0.592. The molecule has 366 valence electrons. The molecule has 2 aromatic carbocycles. The van der Waals surface area contributed by atoms with Crippen LogP contribution in [-0.4, -0.2) is 100 Å². The highest BCUT2D eigenvalue weighted by molar-refractivity contribution is 5.94. The molecule has 0 aliphatic heterocycles. The molecule has 0 heterocycles. The molecule has 17 heteroatoms. The van der Waals surface area contributed by atoms with Crippen LogP contribution in [-0.2, 0) is 51.2 Å². The molecular weight excluding hydrogens is 847 g/mol. The fourth-order valence-corrected chi connectivity index (χ4v) is 7.63. The van der Waals surface area contributed by atoms with Crippen LogP contribution < -0.4 is 38.1 Å². The van der Waals surface area contributed by atoms with E-state index in [-0.39, 0.29) is 50.5 Å². The molecular formula is C49H75N7O10. The van der Waals surface area contributed by atoms with Gasteiger partial charge in [-0.05, 0) is 62.5 Å². The van der Waals surface area contributed by atoms with Gasteiger partial charge in [0, 0.05) is 38.1 Å². The number of nitrogens with two attached hydrogens (primary N) is 2. The highest BCUT2D eigenvalue weighted by Gasteiger charge is 2.32. The molecule has 0 saturated carbocycles. The van der Waals surface area contributed by atoms with E-state index in [0.29, 0.717) is 25.7 Å². The van der Waals surface area contributed by atoms with E-state index in [1.54, 1.807) is 48.5 Å². The average molecular weight is 922 g/mol. The van der Waals surface area contributed by atoms with E-state index in [2.05, 4.69) is 26.6 Å². The van der Waals surface area contributed by atoms with Crippen LogP contribution in [0.25, 0.3) is 0 Å². The smallest absolute Gasteiger partial charge is 0.326 e. The predicted octanol–water partition coefficient (Wildman–Crippen LogP) is 3.27. The molecule has 6 amide bonds. The third kappa shape index (κ3) is 24.0. The summed E-state index contributed by atoms with van der Waals surface area (Å²) in [4.78, 5) is 100. The van der Waals surface area contributed by atoms with Gasteiger partial charge in [0.05, 0.1) is 12.1 Å². The summed E-state index contributed by atoms with van der Waals surface area (Å²) in [7, 11) is 0. The molecule has 0 radical (unpaired) electrons. The Morgan fingerprint density at radius 1 is 0.591 bits per heavy atom. The van der Waals surface area contributed by atoms with E-state index in [1.165, 1.54) is 6.92 Å². The zero-order valence-electron chi connectivity index (χ0n) is 39.0. The van der Waals surface area contributed by atoms with Gasteiger partial charge in [-0.15, -0.1) is 0 Å². The number of carbonyl (C=O) groups excluding carboxylic acids is 7. The van der Waals surface area contributed by atoms with Crippen molar-refractivity contribution < 1.29 is 48.6 Å². The van der Waals surface area contributed by atoms with Crippen LogP contribution in [0.3, 0.4) is 0 Å². The monoisotopic (exact) mass is 922 g/mol. The quantitative estimate of drug-likeness (QED) is 0.0353. The van der Waals surface area contributed by atoms with Crippen LogP contribution in [0.4, 0.5) is 0 Å². The summed E-state index contributed by atoms with van der Waals surface area (Å²) < 4.78 is 0. The van der Waals surface area contributed by atoms with Crippen LogP contribution in [0, 0.1) is 5.92 Å². The SMILES string of the molecule is CC(C)C[C@H](NC(=O)[C@@H](NC(=O)CCCCCCCC(CCCCCCC=O)N[C@@H](CCC(N)=O)C(=O)N[C@@H](Cc1ccccc1)C(=O)O)[C@H](C)O)C(=O)N[C@@H](Cc1ccccc1)C(N)=O. The Balaban J connectivity index is 1.96. The van der Waals surface area contributed by atoms with Gasteiger partial charge < -0.3 is 53.1 Å². The first-order chi connectivity index (χ1) is 31.5. The van der Waals surface area contributed by atoms with Crippen molar-refractivity contribution in [3.63, 3.8) is 0 Å². The van der Waals surface area contributed by atoms with Crippen molar-refractivity contribution in [2.45, 2.75) is 179 Å². The number of carboxylic acids is 1. The number of carbonyl (C=O) groups is 8. The van der Waals surface area contributed by atoms with Gasteiger partial charge in [-0.3, -0.25) is 28.8 Å². The number of aliphatic carboxylic acids is 1. The Labute approximate surface area is 389 Å². The first-order valence-corrected chi connectivity index (χ1v) is 23.5. The highest BCUT2D eigenvalue weighted by atomic mass is 16.4. The van der Waals surface area contributed by atoms with Gasteiger partial charge in [0.25, 0.3) is 0 Å². The first-order valence-electron chi connectivity index (χ1n) is 23.5. The lowest BCUT2D eigenvalue weighted by Crippen LogP contribution is -2.59. The van der Waals surface area contributed by atoms with Gasteiger partial charge >= 0.3 is 5.97 Å². The van der Waals surface area contributed by atoms with E-state index < -0.39 is 77.7 Å². The lowest BCUT2D eigenvalue weighted by Gasteiger charge is -2.27. The third-order valence-electron chi connectivity index (χ3n) is 11.3. The molecule has 0 aliphatic rings. The number of hydrogen-bond acceptors (Lipinski definition) is 10. The molecule has 2 aromatic rings. The summed E-state index contributed by atoms with van der Waals surface area (Å²) in [5, 5.41) is 34.4. The standard InChI is InChI=1S/C49H75N7O10/c1-33(2)30-40(47(63)53-39(45(51)61)31-35-20-12-10-13-21-35)54-48(64)44(34(3)58)56-43(60)26-18-8-4-6-16-24-37(25-17-7-5-9-19-29-57)52-38(27-28-42(50)59)46(62)55-41(49(65)66)32-36-22-14-11-15-23-36/h10-15,20-23,29,33-34,37-41,44,52,58H,4-9,16-19,24-28,30-32H2,1-3H3,(H2,50,59)(H2,51,61)(H,53,63)(H,54,64)(H,55,62)(H,56,60)(H,65,66)/t34-,37?,38-,39-,40-,41-,44-/m0/s1. The second-order valence-electron chi connectivity index (χ2n) is 17.6. The topological polar surface area (TPSA) is 289 Å². The third-order valence-corrected chi connectivity index (χ3v) is 11.3. The number of aliphatic hydroxyl groups excluding tert-OH is 1. The normalized spacial score (nSPS) is 14.4. The maximum atomic E-state index is 13.6. The van der Waals surface area contributed by atoms with Gasteiger partial charge in [0.15, 0.2) is 0 Å². The van der Waals surface area contributed by atoms with Crippen molar-refractivity contribution in [2.75, 3.05) is 0 Å². The minimum Gasteiger partial charge on any atom is -0.480 e. The van der Waals surface area contributed by atoms with Gasteiger partial charge in [-0.25, -0.2) is 4.79 Å². The van der Waals surface area contributed by atoms with Crippen molar-refractivity contribution >= 4 is 47.7 Å². The van der Waals surface area contributed by atoms with Crippen molar-refractivity contribution in [1.82, 2.24) is 26.6 Å². The number of primary amides is 2. The Hall–Kier alpha value is -5.68. The number of nitrogens with one attached hydrogen (secondary N) is 5. The number of amides is 6. The van der Waals surface area contributed by atoms with Gasteiger partial charge in [-0.2, -0.15) is 0 Å². The molecule has 1 unspecified atom stereocenters. The van der Waals surface area contributed by atoms with E-state index in [0.717, 1.165) is 68.8 Å². The van der Waals surface area contributed by atoms with Gasteiger partial charge in [0.2, 0.25) is 35.4 Å². The van der Waals surface area contributed by atoms with E-state index >= 15 is 0 Å². The number of aldehydes is 1. The Morgan fingerprint density at radius 2 is 1.09 bits per heavy atom. The molecule has 7 atom stereocenters. The van der Waals surface area contributed by atoms with Crippen LogP contribution >= 0.6 is 0 Å². The van der Waals surface area contributed by atoms with Gasteiger partial charge in [-0.1, -0.05) is 119 Å². The molecule has 0 bridgehead atoms. The summed E-state index contributed by atoms with van der Waals surface area (Å²) >= 11 is 0. The number of benzene rings is 2. The van der Waals surface area contributed by atoms with Crippen LogP contribution in [0.2, 0.25) is 0 Å². The summed E-state index contributed by atoms with van der Waals surface area (Å²) in [6.45, 7) is 5.10. The molecule has 0 spiro atoms. The maximum Gasteiger partial charge on any atom is 0.326 e. The zero-order chi connectivity index (χ0) is 48.9. The number of unbranched alkanes of at least 4 members (excludes halogenated alkanes) is 8. The zero-order valence-corrected chi connectivity index (χ0v) is 39.0. The minimum atomic E-state index is -1.33. The molecule has 17 nitrogen and oxygen atoms in total. The Bertz CT molecular complexity index is 1800. The summed E-state index contributed by atoms with van der Waals surface area (Å²) in [5.74, 6) is -4.85. The lowest BCUT2D eigenvalue weighted by molar-refractivity contribution is -0.142. The van der Waals surface area contributed by atoms with Crippen molar-refractivity contribution in [3.05, 3.63) is 71.8 Å². The summed E-state index contributed by atoms with van der Waals surface area (Å²) in [5.41, 5.74) is 12.6. The number of rotatable bonds is 36. The van der Waals surface area contributed by atoms with Crippen molar-refractivity contribution in [1.29, 1.82) is 0 Å². The van der Waals surface area contributed by atoms with Crippen LogP contribution in [0.1, 0.15) is 135 Å². The fourth-order valence-electron chi connectivity index (χ4n) is 7.63. The molecule has 66 heavy (non-hydrogen) atoms. The minimum absolute atomic E-state index is 0.0329. The highest BCUT2D eigenvalue weighted by Crippen LogP contribution is 2.17. The molecule has 11 N–H and O–H groups in total. The number of aliphatic hydroxyl groups is 1. The summed E-state index contributed by atoms with van der Waals surface area (Å²) in [6, 6.07) is 12.4. The molecule has 0 aromatic heterocycles. The predicted molar refractivity (Wildman–Crippen MR) is 251 cm³/mol. The average Bonchev–Trinajstić information content (AvgIpc) is 3.26. The molecule has 0 fully saturated rings. The second-order valence-corrected chi connectivity index (χ2v) is 17.6. The second kappa shape index (κ2) is 32.1. The number of hydrogen-bond donors (Lipinski definition) is 9. The van der Waals surface area contributed by atoms with E-state index in [4.69, 9.17) is 11.5 Å². The van der Waals surface area contributed by atoms with Crippen molar-refractivity contribution in [3.8, 4) is 0 Å². The summed E-state index contributed by atoms with van der Waals surface area (Å²) in [6.07, 6.45) is 9.14. The van der Waals surface area contributed by atoms with Crippen LogP contribution in [0.15, 0.2) is 60.7 Å². The van der Waals surface area contributed by atoms with E-state index in [9.17, 15) is 48.6 Å². The van der Waals surface area contributed by atoms with Crippen LogP contribution in [0.5, 0.6) is 0 Å². The Kier molecular flexibility index (Phi) is 27.4. The Morgan fingerprint density at radius 3 is 1.61 bits per heavy atom. The molecule has 2 rings (SSSR count). The van der Waals surface area contributed by atoms with Crippen molar-refractivity contribution in [2.24, 2.45) is 17.4 Å². The maximum absolute atomic E-state index is 13.6. The van der Waals surface area contributed by atoms with E-state index in [1.807, 2.05) is 26.0 Å². The largest absolute Gasteiger partial charge is 0.480 e. The molecule has 0 saturated heterocycles. The van der Waals surface area contributed by atoms with Gasteiger partial charge in [0.1, 0.15) is 30.5 Å². The number of carboxylic acid groups (broad SMARTS) is 1. The first kappa shape index (κ1) is 56.4. The molecule has 0 aliphatic carbocycles.